The number of aromatic amines is 1. The van der Waals surface area contributed by atoms with Gasteiger partial charge in [0.25, 0.3) is 0 Å². The number of rotatable bonds is 2. The summed E-state index contributed by atoms with van der Waals surface area (Å²) in [4.78, 5) is 0. The molecule has 2 rings (SSSR count). The minimum absolute atomic E-state index is 0.799. The van der Waals surface area contributed by atoms with Crippen LogP contribution in [0, 0.1) is 12.8 Å². The van der Waals surface area contributed by atoms with Crippen molar-refractivity contribution in [3.05, 3.63) is 17.5 Å². The van der Waals surface area contributed by atoms with E-state index in [4.69, 9.17) is 0 Å². The molecule has 1 saturated heterocycles. The average Bonchev–Trinajstić information content (AvgIpc) is 2.63. The van der Waals surface area contributed by atoms with Gasteiger partial charge in [0.2, 0.25) is 0 Å². The van der Waals surface area contributed by atoms with E-state index in [9.17, 15) is 0 Å². The fraction of sp³-hybridized carbons (Fsp3) is 0.667. The maximum Gasteiger partial charge on any atom is 0.0628 e. The minimum Gasteiger partial charge on any atom is -0.316 e. The van der Waals surface area contributed by atoms with Crippen molar-refractivity contribution in [2.24, 2.45) is 5.92 Å². The molecule has 3 nitrogen and oxygen atoms in total. The molecule has 0 saturated carbocycles. The van der Waals surface area contributed by atoms with Crippen molar-refractivity contribution in [1.82, 2.24) is 15.5 Å². The second-order valence-corrected chi connectivity index (χ2v) is 3.61. The summed E-state index contributed by atoms with van der Waals surface area (Å²) in [5.41, 5.74) is 2.37. The fourth-order valence-electron chi connectivity index (χ4n) is 1.76. The molecule has 0 aromatic carbocycles. The summed E-state index contributed by atoms with van der Waals surface area (Å²) in [5, 5.41) is 10.6. The topological polar surface area (TPSA) is 40.7 Å². The number of aromatic nitrogens is 2. The van der Waals surface area contributed by atoms with Crippen molar-refractivity contribution in [1.29, 1.82) is 0 Å². The maximum absolute atomic E-state index is 4.23. The van der Waals surface area contributed by atoms with Crippen LogP contribution in [0.2, 0.25) is 0 Å². The van der Waals surface area contributed by atoms with E-state index in [1.165, 1.54) is 18.7 Å². The first-order valence-corrected chi connectivity index (χ1v) is 4.56. The lowest BCUT2D eigenvalue weighted by molar-refractivity contribution is 0.571. The van der Waals surface area contributed by atoms with E-state index in [0.717, 1.165) is 24.6 Å². The Hall–Kier alpha value is -0.830. The summed E-state index contributed by atoms with van der Waals surface area (Å²) in [6, 6.07) is 2.14. The molecule has 0 aliphatic carbocycles. The molecular weight excluding hydrogens is 150 g/mol. The highest BCUT2D eigenvalue weighted by molar-refractivity contribution is 5.07. The average molecular weight is 165 g/mol. The van der Waals surface area contributed by atoms with Gasteiger partial charge in [-0.25, -0.2) is 0 Å². The highest BCUT2D eigenvalue weighted by Gasteiger charge is 2.15. The predicted octanol–water partition coefficient (Wildman–Crippen LogP) is 0.870. The Morgan fingerprint density at radius 3 is 3.17 bits per heavy atom. The van der Waals surface area contributed by atoms with Gasteiger partial charge in [-0.1, -0.05) is 0 Å². The monoisotopic (exact) mass is 165 g/mol. The number of hydrogen-bond acceptors (Lipinski definition) is 2. The molecule has 0 spiro atoms. The number of aryl methyl sites for hydroxylation is 1. The van der Waals surface area contributed by atoms with E-state index in [0.29, 0.717) is 0 Å². The predicted molar refractivity (Wildman–Crippen MR) is 48.0 cm³/mol. The van der Waals surface area contributed by atoms with Crippen molar-refractivity contribution in [2.75, 3.05) is 13.1 Å². The molecule has 1 aliphatic heterocycles. The first kappa shape index (κ1) is 7.80. The smallest absolute Gasteiger partial charge is 0.0628 e. The van der Waals surface area contributed by atoms with Gasteiger partial charge in [0.15, 0.2) is 0 Å². The number of nitrogens with zero attached hydrogens (tertiary/aromatic N) is 1. The highest BCUT2D eigenvalue weighted by atomic mass is 15.1. The number of nitrogens with one attached hydrogen (secondary N) is 2. The maximum atomic E-state index is 4.23. The molecule has 1 aromatic rings. The van der Waals surface area contributed by atoms with Crippen LogP contribution in [0.1, 0.15) is 17.8 Å². The molecule has 3 heteroatoms. The van der Waals surface area contributed by atoms with Crippen LogP contribution < -0.4 is 5.32 Å². The zero-order valence-corrected chi connectivity index (χ0v) is 7.43. The van der Waals surface area contributed by atoms with Crippen LogP contribution in [0.25, 0.3) is 0 Å². The summed E-state index contributed by atoms with van der Waals surface area (Å²) in [5.74, 6) is 0.799. The summed E-state index contributed by atoms with van der Waals surface area (Å²) in [7, 11) is 0. The second-order valence-electron chi connectivity index (χ2n) is 3.61. The quantitative estimate of drug-likeness (QED) is 0.682. The zero-order chi connectivity index (χ0) is 8.39. The molecule has 0 radical (unpaired) electrons. The minimum atomic E-state index is 0.799. The van der Waals surface area contributed by atoms with Crippen LogP contribution in [0.15, 0.2) is 6.07 Å². The first-order valence-electron chi connectivity index (χ1n) is 4.56. The Kier molecular flexibility index (Phi) is 2.13. The SMILES string of the molecule is Cc1cc(CC2CCNC2)n[nH]1. The summed E-state index contributed by atoms with van der Waals surface area (Å²) in [6.07, 6.45) is 2.42. The molecule has 1 aliphatic rings. The van der Waals surface area contributed by atoms with E-state index in [1.54, 1.807) is 0 Å². The lowest BCUT2D eigenvalue weighted by atomic mass is 10.0. The van der Waals surface area contributed by atoms with E-state index in [2.05, 4.69) is 21.6 Å². The van der Waals surface area contributed by atoms with Gasteiger partial charge in [0.05, 0.1) is 5.69 Å². The van der Waals surface area contributed by atoms with Gasteiger partial charge in [-0.05, 0) is 44.8 Å². The van der Waals surface area contributed by atoms with Crippen molar-refractivity contribution in [2.45, 2.75) is 19.8 Å². The third kappa shape index (κ3) is 1.67. The summed E-state index contributed by atoms with van der Waals surface area (Å²) < 4.78 is 0. The van der Waals surface area contributed by atoms with Crippen molar-refractivity contribution >= 4 is 0 Å². The molecule has 2 N–H and O–H groups in total. The Bertz CT molecular complexity index is 248. The molecule has 1 atom stereocenters. The standard InChI is InChI=1S/C9H15N3/c1-7-4-9(12-11-7)5-8-2-3-10-6-8/h4,8,10H,2-3,5-6H2,1H3,(H,11,12). The van der Waals surface area contributed by atoms with Gasteiger partial charge < -0.3 is 5.32 Å². The van der Waals surface area contributed by atoms with Crippen LogP contribution in [0.4, 0.5) is 0 Å². The molecule has 0 bridgehead atoms. The zero-order valence-electron chi connectivity index (χ0n) is 7.43. The molecule has 1 fully saturated rings. The Labute approximate surface area is 72.6 Å². The third-order valence-corrected chi connectivity index (χ3v) is 2.42. The third-order valence-electron chi connectivity index (χ3n) is 2.42. The van der Waals surface area contributed by atoms with Crippen molar-refractivity contribution < 1.29 is 0 Å². The van der Waals surface area contributed by atoms with E-state index < -0.39 is 0 Å². The summed E-state index contributed by atoms with van der Waals surface area (Å²) >= 11 is 0. The van der Waals surface area contributed by atoms with E-state index >= 15 is 0 Å². The highest BCUT2D eigenvalue weighted by Crippen LogP contribution is 2.13. The van der Waals surface area contributed by atoms with Crippen LogP contribution in [-0.4, -0.2) is 23.3 Å². The largest absolute Gasteiger partial charge is 0.316 e. The molecule has 1 unspecified atom stereocenters. The Morgan fingerprint density at radius 1 is 1.67 bits per heavy atom. The second kappa shape index (κ2) is 3.27. The van der Waals surface area contributed by atoms with Gasteiger partial charge in [-0.3, -0.25) is 5.10 Å². The Morgan fingerprint density at radius 2 is 2.58 bits per heavy atom. The first-order chi connectivity index (χ1) is 5.84. The van der Waals surface area contributed by atoms with Crippen LogP contribution >= 0.6 is 0 Å². The van der Waals surface area contributed by atoms with Crippen molar-refractivity contribution in [3.8, 4) is 0 Å². The van der Waals surface area contributed by atoms with Crippen molar-refractivity contribution in [3.63, 3.8) is 0 Å². The summed E-state index contributed by atoms with van der Waals surface area (Å²) in [6.45, 7) is 4.38. The van der Waals surface area contributed by atoms with Gasteiger partial charge >= 0.3 is 0 Å². The normalized spacial score (nSPS) is 23.2. The number of H-pyrrole nitrogens is 1. The van der Waals surface area contributed by atoms with Crippen LogP contribution in [0.3, 0.4) is 0 Å². The fourth-order valence-corrected chi connectivity index (χ4v) is 1.76. The van der Waals surface area contributed by atoms with E-state index in [-0.39, 0.29) is 0 Å². The van der Waals surface area contributed by atoms with Crippen LogP contribution in [-0.2, 0) is 6.42 Å². The lowest BCUT2D eigenvalue weighted by Crippen LogP contribution is -2.10. The Balaban J connectivity index is 1.94. The van der Waals surface area contributed by atoms with Gasteiger partial charge in [-0.15, -0.1) is 0 Å². The lowest BCUT2D eigenvalue weighted by Gasteiger charge is -2.03. The molecule has 12 heavy (non-hydrogen) atoms. The van der Waals surface area contributed by atoms with E-state index in [1.807, 2.05) is 6.92 Å². The molecule has 0 amide bonds. The molecule has 1 aromatic heterocycles. The molecule has 2 heterocycles. The molecular formula is C9H15N3. The van der Waals surface area contributed by atoms with Crippen LogP contribution in [0.5, 0.6) is 0 Å². The van der Waals surface area contributed by atoms with Gasteiger partial charge in [0.1, 0.15) is 0 Å². The number of hydrogen-bond donors (Lipinski definition) is 2. The van der Waals surface area contributed by atoms with Gasteiger partial charge in [-0.2, -0.15) is 5.10 Å². The van der Waals surface area contributed by atoms with Gasteiger partial charge in [0, 0.05) is 5.69 Å². The molecule has 66 valence electrons.